The summed E-state index contributed by atoms with van der Waals surface area (Å²) in [4.78, 5) is 33.8. The lowest BCUT2D eigenvalue weighted by molar-refractivity contribution is -0.127. The van der Waals surface area contributed by atoms with E-state index >= 15 is 0 Å². The number of carbonyl (C=O) groups is 2. The summed E-state index contributed by atoms with van der Waals surface area (Å²) in [5.41, 5.74) is 0. The molecule has 2 unspecified atom stereocenters. The van der Waals surface area contributed by atoms with E-state index < -0.39 is 12.2 Å². The van der Waals surface area contributed by atoms with E-state index in [2.05, 4.69) is 24.2 Å². The molecule has 0 aromatic rings. The lowest BCUT2D eigenvalue weighted by atomic mass is 10.1. The van der Waals surface area contributed by atoms with Crippen LogP contribution in [-0.4, -0.2) is 72.5 Å². The van der Waals surface area contributed by atoms with Gasteiger partial charge in [0.05, 0.1) is 0 Å². The maximum absolute atomic E-state index is 12.2. The fourth-order valence-electron chi connectivity index (χ4n) is 2.52. The van der Waals surface area contributed by atoms with Crippen molar-refractivity contribution in [2.75, 3.05) is 27.7 Å². The molecular weight excluding hydrogens is 258 g/mol. The molecule has 0 saturated carbocycles. The maximum Gasteiger partial charge on any atom is 0.325 e. The molecule has 1 N–H and O–H groups in total. The summed E-state index contributed by atoms with van der Waals surface area (Å²) in [6.45, 7) is 5.05. The van der Waals surface area contributed by atoms with Crippen molar-refractivity contribution in [2.45, 2.75) is 32.5 Å². The molecule has 0 bridgehead atoms. The van der Waals surface area contributed by atoms with Crippen molar-refractivity contribution in [3.63, 3.8) is 0 Å². The summed E-state index contributed by atoms with van der Waals surface area (Å²) >= 11 is 0. The Morgan fingerprint density at radius 2 is 2.00 bits per heavy atom. The molecule has 112 valence electrons. The summed E-state index contributed by atoms with van der Waals surface area (Å²) in [5.74, 6) is 1.04. The van der Waals surface area contributed by atoms with Crippen LogP contribution in [0.1, 0.15) is 20.3 Å². The predicted molar refractivity (Wildman–Crippen MR) is 76.2 cm³/mol. The number of fused-ring (bicyclic) bond motifs is 1. The number of likely N-dealkylation sites (N-methyl/N-ethyl adjacent to an activating group) is 1. The van der Waals surface area contributed by atoms with Gasteiger partial charge < -0.3 is 14.7 Å². The van der Waals surface area contributed by atoms with Crippen LogP contribution in [0.4, 0.5) is 4.79 Å². The monoisotopic (exact) mass is 281 g/mol. The van der Waals surface area contributed by atoms with Crippen molar-refractivity contribution in [3.8, 4) is 0 Å². The number of imide groups is 1. The lowest BCUT2D eigenvalue weighted by Crippen LogP contribution is -2.64. The average Bonchev–Trinajstić information content (AvgIpc) is 2.73. The Labute approximate surface area is 119 Å². The largest absolute Gasteiger partial charge is 0.349 e. The van der Waals surface area contributed by atoms with E-state index in [1.54, 1.807) is 7.05 Å². The van der Waals surface area contributed by atoms with Gasteiger partial charge in [-0.05, 0) is 12.3 Å². The summed E-state index contributed by atoms with van der Waals surface area (Å²) in [7, 11) is 5.47. The molecule has 2 aliphatic rings. The van der Waals surface area contributed by atoms with Crippen LogP contribution in [0.3, 0.4) is 0 Å². The first-order chi connectivity index (χ1) is 9.32. The highest BCUT2D eigenvalue weighted by Gasteiger charge is 2.48. The molecule has 2 heterocycles. The van der Waals surface area contributed by atoms with E-state index in [0.29, 0.717) is 5.92 Å². The van der Waals surface area contributed by atoms with E-state index in [4.69, 9.17) is 0 Å². The minimum absolute atomic E-state index is 0.262. The van der Waals surface area contributed by atoms with Crippen molar-refractivity contribution in [1.29, 1.82) is 0 Å². The molecule has 2 aliphatic heterocycles. The average molecular weight is 281 g/mol. The Bertz CT molecular complexity index is 446. The normalized spacial score (nSPS) is 25.8. The SMILES string of the molecule is CC(C)CCN1C(N(C)C)=NC2C1C(=O)NC(=O)N2C. The smallest absolute Gasteiger partial charge is 0.325 e. The van der Waals surface area contributed by atoms with E-state index in [9.17, 15) is 9.59 Å². The molecule has 2 rings (SSSR count). The Morgan fingerprint density at radius 1 is 1.35 bits per heavy atom. The number of nitrogens with zero attached hydrogens (tertiary/aromatic N) is 4. The van der Waals surface area contributed by atoms with Crippen LogP contribution in [0.5, 0.6) is 0 Å². The summed E-state index contributed by atoms with van der Waals surface area (Å²) in [6.07, 6.45) is 0.543. The van der Waals surface area contributed by atoms with Crippen molar-refractivity contribution >= 4 is 17.9 Å². The molecule has 2 atom stereocenters. The zero-order chi connectivity index (χ0) is 15.0. The maximum atomic E-state index is 12.2. The van der Waals surface area contributed by atoms with E-state index in [-0.39, 0.29) is 11.9 Å². The third-order valence-electron chi connectivity index (χ3n) is 3.69. The van der Waals surface area contributed by atoms with Crippen LogP contribution < -0.4 is 5.32 Å². The zero-order valence-electron chi connectivity index (χ0n) is 12.8. The number of hydrogen-bond acceptors (Lipinski definition) is 5. The van der Waals surface area contributed by atoms with Gasteiger partial charge in [-0.2, -0.15) is 0 Å². The van der Waals surface area contributed by atoms with Crippen molar-refractivity contribution in [2.24, 2.45) is 10.9 Å². The van der Waals surface area contributed by atoms with Crippen LogP contribution >= 0.6 is 0 Å². The standard InChI is InChI=1S/C13H23N5O2/c1-8(2)6-7-18-9-10(14-12(18)16(3)4)17(5)13(20)15-11(9)19/h8-10H,6-7H2,1-5H3,(H,15,19,20). The number of aliphatic imine (C=N–C) groups is 1. The topological polar surface area (TPSA) is 68.2 Å². The van der Waals surface area contributed by atoms with E-state index in [1.165, 1.54) is 4.90 Å². The number of guanidine groups is 1. The fraction of sp³-hybridized carbons (Fsp3) is 0.769. The molecule has 1 fully saturated rings. The first-order valence-corrected chi connectivity index (χ1v) is 6.92. The van der Waals surface area contributed by atoms with Gasteiger partial charge in [0.1, 0.15) is 0 Å². The number of nitrogens with one attached hydrogen (secondary N) is 1. The first-order valence-electron chi connectivity index (χ1n) is 6.92. The predicted octanol–water partition coefficient (Wildman–Crippen LogP) is 0.142. The molecular formula is C13H23N5O2. The third-order valence-corrected chi connectivity index (χ3v) is 3.69. The second-order valence-electron chi connectivity index (χ2n) is 5.96. The number of carbonyl (C=O) groups excluding carboxylic acids is 2. The van der Waals surface area contributed by atoms with Gasteiger partial charge in [0.15, 0.2) is 18.2 Å². The van der Waals surface area contributed by atoms with Gasteiger partial charge in [0.2, 0.25) is 0 Å². The van der Waals surface area contributed by atoms with Crippen LogP contribution in [0.25, 0.3) is 0 Å². The van der Waals surface area contributed by atoms with Crippen molar-refractivity contribution < 1.29 is 9.59 Å². The highest BCUT2D eigenvalue weighted by molar-refractivity contribution is 6.03. The molecule has 7 heteroatoms. The number of hydrogen-bond donors (Lipinski definition) is 1. The number of amides is 3. The van der Waals surface area contributed by atoms with E-state index in [0.717, 1.165) is 18.9 Å². The highest BCUT2D eigenvalue weighted by atomic mass is 16.2. The van der Waals surface area contributed by atoms with E-state index in [1.807, 2.05) is 23.9 Å². The highest BCUT2D eigenvalue weighted by Crippen LogP contribution is 2.25. The van der Waals surface area contributed by atoms with Gasteiger partial charge in [-0.1, -0.05) is 13.8 Å². The van der Waals surface area contributed by atoms with Crippen molar-refractivity contribution in [1.82, 2.24) is 20.0 Å². The molecule has 1 saturated heterocycles. The van der Waals surface area contributed by atoms with Gasteiger partial charge in [0.25, 0.3) is 5.91 Å². The third kappa shape index (κ3) is 2.44. The quantitative estimate of drug-likeness (QED) is 0.799. The fourth-order valence-corrected chi connectivity index (χ4v) is 2.52. The molecule has 0 aliphatic carbocycles. The van der Waals surface area contributed by atoms with Crippen molar-refractivity contribution in [3.05, 3.63) is 0 Å². The van der Waals surface area contributed by atoms with Gasteiger partial charge in [-0.25, -0.2) is 9.79 Å². The Balaban J connectivity index is 2.27. The Kier molecular flexibility index (Phi) is 3.87. The Morgan fingerprint density at radius 3 is 2.55 bits per heavy atom. The first kappa shape index (κ1) is 14.6. The molecule has 3 amide bonds. The van der Waals surface area contributed by atoms with Crippen LogP contribution in [0, 0.1) is 5.92 Å². The number of rotatable bonds is 3. The van der Waals surface area contributed by atoms with Gasteiger partial charge in [0, 0.05) is 27.7 Å². The molecule has 0 aromatic carbocycles. The second kappa shape index (κ2) is 5.30. The lowest BCUT2D eigenvalue weighted by Gasteiger charge is -2.37. The molecule has 0 aromatic heterocycles. The van der Waals surface area contributed by atoms with Gasteiger partial charge in [-0.3, -0.25) is 10.1 Å². The summed E-state index contributed by atoms with van der Waals surface area (Å²) < 4.78 is 0. The minimum Gasteiger partial charge on any atom is -0.349 e. The molecule has 0 spiro atoms. The number of urea groups is 1. The minimum atomic E-state index is -0.430. The van der Waals surface area contributed by atoms with Crippen LogP contribution in [0.15, 0.2) is 4.99 Å². The van der Waals surface area contributed by atoms with Crippen LogP contribution in [0.2, 0.25) is 0 Å². The Hall–Kier alpha value is -1.79. The molecule has 20 heavy (non-hydrogen) atoms. The second-order valence-corrected chi connectivity index (χ2v) is 5.96. The summed E-state index contributed by atoms with van der Waals surface area (Å²) in [6, 6.07) is -0.808. The van der Waals surface area contributed by atoms with Gasteiger partial charge in [-0.15, -0.1) is 0 Å². The molecule has 7 nitrogen and oxygen atoms in total. The van der Waals surface area contributed by atoms with Gasteiger partial charge >= 0.3 is 6.03 Å². The van der Waals surface area contributed by atoms with Crippen LogP contribution in [-0.2, 0) is 4.79 Å². The summed E-state index contributed by atoms with van der Waals surface area (Å²) in [5, 5.41) is 2.39. The zero-order valence-corrected chi connectivity index (χ0v) is 12.8. The molecule has 0 radical (unpaired) electrons.